The van der Waals surface area contributed by atoms with E-state index in [1.54, 1.807) is 0 Å². The van der Waals surface area contributed by atoms with Gasteiger partial charge in [0.15, 0.2) is 0 Å². The number of rotatable bonds is 12. The molecule has 0 spiro atoms. The summed E-state index contributed by atoms with van der Waals surface area (Å²) in [5.74, 6) is -0.202. The van der Waals surface area contributed by atoms with Gasteiger partial charge in [-0.25, -0.2) is 10.3 Å². The van der Waals surface area contributed by atoms with Gasteiger partial charge in [0.2, 0.25) is 0 Å². The first-order chi connectivity index (χ1) is 14.6. The fraction of sp³-hybridized carbons (Fsp3) is 0.304. The Morgan fingerprint density at radius 3 is 2.30 bits per heavy atom. The van der Waals surface area contributed by atoms with Gasteiger partial charge in [-0.05, 0) is 29.5 Å². The third kappa shape index (κ3) is 8.46. The lowest BCUT2D eigenvalue weighted by Gasteiger charge is -2.18. The van der Waals surface area contributed by atoms with Gasteiger partial charge in [-0.15, -0.1) is 0 Å². The summed E-state index contributed by atoms with van der Waals surface area (Å²) in [5.41, 5.74) is 5.57. The van der Waals surface area contributed by atoms with Crippen LogP contribution in [-0.2, 0) is 33.9 Å². The number of hydrogen-bond acceptors (Lipinski definition) is 5. The number of alkyl carbamates (subject to hydrolysis) is 1. The molecule has 0 aliphatic rings. The molecule has 0 aromatic heterocycles. The fourth-order valence-electron chi connectivity index (χ4n) is 2.83. The number of ether oxygens (including phenoxy) is 1. The lowest BCUT2D eigenvalue weighted by atomic mass is 10.0. The summed E-state index contributed by atoms with van der Waals surface area (Å²) >= 11 is 0. The van der Waals surface area contributed by atoms with E-state index in [1.807, 2.05) is 54.6 Å². The minimum absolute atomic E-state index is 0.179. The summed E-state index contributed by atoms with van der Waals surface area (Å²) in [5, 5.41) is 5.97. The highest BCUT2D eigenvalue weighted by atomic mass is 16.6. The lowest BCUT2D eigenvalue weighted by Crippen LogP contribution is -2.43. The second kappa shape index (κ2) is 13.1. The number of aryl methyl sites for hydroxylation is 1. The molecule has 0 aliphatic carbocycles. The summed E-state index contributed by atoms with van der Waals surface area (Å²) in [6, 6.07) is 17.4. The molecule has 0 fully saturated rings. The molecule has 3 N–H and O–H groups in total. The van der Waals surface area contributed by atoms with E-state index in [0.717, 1.165) is 17.5 Å². The van der Waals surface area contributed by atoms with Crippen LogP contribution in [0.2, 0.25) is 0 Å². The SMILES string of the molecule is C=CCOC(=O)NCc1ccc(CN[C@H](CCc2ccccc2)C(=O)NOC)cc1. The highest BCUT2D eigenvalue weighted by Crippen LogP contribution is 2.08. The normalized spacial score (nSPS) is 11.4. The molecule has 30 heavy (non-hydrogen) atoms. The molecular weight excluding hydrogens is 382 g/mol. The molecule has 2 aromatic carbocycles. The van der Waals surface area contributed by atoms with E-state index < -0.39 is 6.09 Å². The van der Waals surface area contributed by atoms with Crippen LogP contribution in [0.15, 0.2) is 67.3 Å². The predicted molar refractivity (Wildman–Crippen MR) is 115 cm³/mol. The van der Waals surface area contributed by atoms with E-state index in [-0.39, 0.29) is 18.6 Å². The van der Waals surface area contributed by atoms with Crippen LogP contribution in [0.4, 0.5) is 4.79 Å². The summed E-state index contributed by atoms with van der Waals surface area (Å²) < 4.78 is 4.87. The third-order valence-corrected chi connectivity index (χ3v) is 4.43. The molecule has 0 heterocycles. The molecule has 7 nitrogen and oxygen atoms in total. The molecule has 0 unspecified atom stereocenters. The number of benzene rings is 2. The summed E-state index contributed by atoms with van der Waals surface area (Å²) in [7, 11) is 1.42. The Labute approximate surface area is 177 Å². The first kappa shape index (κ1) is 23.1. The minimum atomic E-state index is -0.481. The van der Waals surface area contributed by atoms with Gasteiger partial charge >= 0.3 is 6.09 Å². The molecular formula is C23H29N3O4. The molecule has 0 bridgehead atoms. The smallest absolute Gasteiger partial charge is 0.407 e. The quantitative estimate of drug-likeness (QED) is 0.369. The Kier molecular flexibility index (Phi) is 10.1. The molecule has 2 aromatic rings. The van der Waals surface area contributed by atoms with Crippen LogP contribution in [0.3, 0.4) is 0 Å². The van der Waals surface area contributed by atoms with Gasteiger partial charge in [0.05, 0.1) is 13.2 Å². The van der Waals surface area contributed by atoms with Crippen LogP contribution in [-0.4, -0.2) is 31.8 Å². The Balaban J connectivity index is 1.85. The number of hydrogen-bond donors (Lipinski definition) is 3. The monoisotopic (exact) mass is 411 g/mol. The molecule has 0 saturated heterocycles. The third-order valence-electron chi connectivity index (χ3n) is 4.43. The second-order valence-electron chi connectivity index (χ2n) is 6.69. The van der Waals surface area contributed by atoms with Crippen LogP contribution >= 0.6 is 0 Å². The van der Waals surface area contributed by atoms with Crippen molar-refractivity contribution >= 4 is 12.0 Å². The Bertz CT molecular complexity index is 794. The van der Waals surface area contributed by atoms with Crippen molar-refractivity contribution in [3.05, 3.63) is 83.9 Å². The first-order valence-electron chi connectivity index (χ1n) is 9.82. The number of hydroxylamine groups is 1. The van der Waals surface area contributed by atoms with Crippen LogP contribution in [0.5, 0.6) is 0 Å². The summed E-state index contributed by atoms with van der Waals surface area (Å²) in [6.45, 7) is 4.58. The Hall–Kier alpha value is -3.16. The van der Waals surface area contributed by atoms with Crippen LogP contribution < -0.4 is 16.1 Å². The number of carbonyl (C=O) groups is 2. The van der Waals surface area contributed by atoms with Gasteiger partial charge in [-0.3, -0.25) is 9.63 Å². The van der Waals surface area contributed by atoms with Gasteiger partial charge in [0, 0.05) is 13.1 Å². The van der Waals surface area contributed by atoms with E-state index in [2.05, 4.69) is 22.7 Å². The van der Waals surface area contributed by atoms with Gasteiger partial charge in [0.25, 0.3) is 5.91 Å². The number of amides is 2. The van der Waals surface area contributed by atoms with Gasteiger partial charge in [-0.1, -0.05) is 67.3 Å². The highest BCUT2D eigenvalue weighted by molar-refractivity contribution is 5.80. The fourth-order valence-corrected chi connectivity index (χ4v) is 2.83. The van der Waals surface area contributed by atoms with E-state index in [0.29, 0.717) is 19.5 Å². The van der Waals surface area contributed by atoms with Gasteiger partial charge in [0.1, 0.15) is 6.61 Å². The van der Waals surface area contributed by atoms with E-state index in [9.17, 15) is 9.59 Å². The maximum Gasteiger partial charge on any atom is 0.407 e. The van der Waals surface area contributed by atoms with Crippen molar-refractivity contribution in [3.8, 4) is 0 Å². The number of carbonyl (C=O) groups excluding carboxylic acids is 2. The number of nitrogens with one attached hydrogen (secondary N) is 3. The zero-order valence-corrected chi connectivity index (χ0v) is 17.2. The van der Waals surface area contributed by atoms with Crippen molar-refractivity contribution in [3.63, 3.8) is 0 Å². The maximum atomic E-state index is 12.3. The standard InChI is InChI=1S/C23H29N3O4/c1-3-15-30-23(28)25-17-20-11-9-19(10-12-20)16-24-21(22(27)26-29-2)14-13-18-7-5-4-6-8-18/h3-12,21,24H,1,13-17H2,2H3,(H,25,28)(H,26,27)/t21-/m1/s1. The molecule has 0 saturated carbocycles. The largest absolute Gasteiger partial charge is 0.445 e. The first-order valence-corrected chi connectivity index (χ1v) is 9.82. The molecule has 1 atom stereocenters. The molecule has 7 heteroatoms. The maximum absolute atomic E-state index is 12.3. The van der Waals surface area contributed by atoms with Crippen molar-refractivity contribution in [2.24, 2.45) is 0 Å². The van der Waals surface area contributed by atoms with Crippen molar-refractivity contribution < 1.29 is 19.2 Å². The van der Waals surface area contributed by atoms with Crippen LogP contribution in [0, 0.1) is 0 Å². The highest BCUT2D eigenvalue weighted by Gasteiger charge is 2.17. The second-order valence-corrected chi connectivity index (χ2v) is 6.69. The van der Waals surface area contributed by atoms with E-state index in [1.165, 1.54) is 18.7 Å². The topological polar surface area (TPSA) is 88.7 Å². The molecule has 0 radical (unpaired) electrons. The van der Waals surface area contributed by atoms with Crippen LogP contribution in [0.25, 0.3) is 0 Å². The van der Waals surface area contributed by atoms with Crippen LogP contribution in [0.1, 0.15) is 23.1 Å². The predicted octanol–water partition coefficient (Wildman–Crippen LogP) is 2.87. The lowest BCUT2D eigenvalue weighted by molar-refractivity contribution is -0.133. The van der Waals surface area contributed by atoms with E-state index >= 15 is 0 Å². The van der Waals surface area contributed by atoms with Crippen molar-refractivity contribution in [2.45, 2.75) is 32.0 Å². The van der Waals surface area contributed by atoms with Gasteiger partial charge in [-0.2, -0.15) is 0 Å². The summed E-state index contributed by atoms with van der Waals surface area (Å²) in [6.07, 6.45) is 2.46. The Morgan fingerprint density at radius 1 is 1.00 bits per heavy atom. The molecule has 2 rings (SSSR count). The average molecular weight is 412 g/mol. The zero-order chi connectivity index (χ0) is 21.6. The molecule has 2 amide bonds. The molecule has 0 aliphatic heterocycles. The molecule has 160 valence electrons. The van der Waals surface area contributed by atoms with Crippen molar-refractivity contribution in [1.82, 2.24) is 16.1 Å². The Morgan fingerprint density at radius 2 is 1.67 bits per heavy atom. The van der Waals surface area contributed by atoms with Gasteiger partial charge < -0.3 is 15.4 Å². The van der Waals surface area contributed by atoms with E-state index in [4.69, 9.17) is 9.57 Å². The van der Waals surface area contributed by atoms with Crippen molar-refractivity contribution in [1.29, 1.82) is 0 Å². The zero-order valence-electron chi connectivity index (χ0n) is 17.2. The summed E-state index contributed by atoms with van der Waals surface area (Å²) in [4.78, 5) is 28.6. The van der Waals surface area contributed by atoms with Crippen molar-refractivity contribution in [2.75, 3.05) is 13.7 Å². The minimum Gasteiger partial charge on any atom is -0.445 e. The average Bonchev–Trinajstić information content (AvgIpc) is 2.77.